The third-order valence-corrected chi connectivity index (χ3v) is 4.17. The van der Waals surface area contributed by atoms with Crippen LogP contribution in [-0.4, -0.2) is 9.55 Å². The molecule has 2 nitrogen and oxygen atoms in total. The van der Waals surface area contributed by atoms with E-state index in [2.05, 4.69) is 72.2 Å². The Kier molecular flexibility index (Phi) is 2.88. The van der Waals surface area contributed by atoms with Gasteiger partial charge in [0.05, 0.1) is 11.4 Å². The van der Waals surface area contributed by atoms with E-state index in [1.807, 2.05) is 0 Å². The van der Waals surface area contributed by atoms with Gasteiger partial charge >= 0.3 is 0 Å². The Morgan fingerprint density at radius 1 is 0.905 bits per heavy atom. The molecule has 21 heavy (non-hydrogen) atoms. The Morgan fingerprint density at radius 2 is 1.52 bits per heavy atom. The van der Waals surface area contributed by atoms with Crippen LogP contribution in [0.1, 0.15) is 12.7 Å². The lowest BCUT2D eigenvalue weighted by Crippen LogP contribution is -2.00. The van der Waals surface area contributed by atoms with Crippen LogP contribution < -0.4 is 0 Å². The van der Waals surface area contributed by atoms with E-state index < -0.39 is 0 Å². The monoisotopic (exact) mass is 274 g/mol. The van der Waals surface area contributed by atoms with Gasteiger partial charge in [0, 0.05) is 24.1 Å². The number of hydrogen-bond donors (Lipinski definition) is 0. The lowest BCUT2D eigenvalue weighted by molar-refractivity contribution is 0.566. The number of fused-ring (bicyclic) bond motifs is 1. The Morgan fingerprint density at radius 3 is 2.19 bits per heavy atom. The highest BCUT2D eigenvalue weighted by Crippen LogP contribution is 2.36. The molecule has 1 aliphatic rings. The molecule has 4 rings (SSSR count). The Hall–Kier alpha value is -2.35. The van der Waals surface area contributed by atoms with Gasteiger partial charge in [0.2, 0.25) is 0 Å². The van der Waals surface area contributed by atoms with E-state index in [0.717, 1.165) is 18.7 Å². The van der Waals surface area contributed by atoms with Gasteiger partial charge < -0.3 is 4.57 Å². The first-order chi connectivity index (χ1) is 10.3. The van der Waals surface area contributed by atoms with Gasteiger partial charge in [-0.15, -0.1) is 0 Å². The smallest absolute Gasteiger partial charge is 0.110 e. The molecular formula is C19H18N2. The van der Waals surface area contributed by atoms with Crippen LogP contribution >= 0.6 is 0 Å². The van der Waals surface area contributed by atoms with E-state index in [-0.39, 0.29) is 0 Å². The summed E-state index contributed by atoms with van der Waals surface area (Å²) in [6, 6.07) is 21.1. The molecule has 2 aromatic carbocycles. The van der Waals surface area contributed by atoms with Crippen molar-refractivity contribution in [2.75, 3.05) is 0 Å². The van der Waals surface area contributed by atoms with Crippen molar-refractivity contribution in [3.05, 3.63) is 66.5 Å². The maximum atomic E-state index is 4.95. The molecule has 0 radical (unpaired) electrons. The number of nitrogens with zero attached hydrogens (tertiary/aromatic N) is 2. The van der Waals surface area contributed by atoms with Gasteiger partial charge in [0.25, 0.3) is 0 Å². The molecule has 1 atom stereocenters. The van der Waals surface area contributed by atoms with Crippen molar-refractivity contribution in [3.63, 3.8) is 0 Å². The molecule has 1 aromatic heterocycles. The fourth-order valence-corrected chi connectivity index (χ4v) is 3.23. The van der Waals surface area contributed by atoms with Crippen LogP contribution in [0.4, 0.5) is 0 Å². The summed E-state index contributed by atoms with van der Waals surface area (Å²) < 4.78 is 2.41. The number of aromatic nitrogens is 2. The molecular weight excluding hydrogens is 256 g/mol. The molecule has 0 spiro atoms. The van der Waals surface area contributed by atoms with Gasteiger partial charge in [-0.2, -0.15) is 0 Å². The fraction of sp³-hybridized carbons (Fsp3) is 0.211. The van der Waals surface area contributed by atoms with Crippen LogP contribution in [-0.2, 0) is 13.0 Å². The van der Waals surface area contributed by atoms with Gasteiger partial charge in [-0.05, 0) is 5.92 Å². The second-order valence-electron chi connectivity index (χ2n) is 5.88. The van der Waals surface area contributed by atoms with E-state index in [4.69, 9.17) is 4.98 Å². The quantitative estimate of drug-likeness (QED) is 0.677. The summed E-state index contributed by atoms with van der Waals surface area (Å²) in [6.07, 6.45) is 1.08. The first-order valence-corrected chi connectivity index (χ1v) is 7.53. The molecule has 0 saturated carbocycles. The zero-order chi connectivity index (χ0) is 14.2. The summed E-state index contributed by atoms with van der Waals surface area (Å²) in [6.45, 7) is 3.37. The maximum absolute atomic E-state index is 4.95. The number of imidazole rings is 1. The van der Waals surface area contributed by atoms with Gasteiger partial charge in [-0.1, -0.05) is 67.6 Å². The van der Waals surface area contributed by atoms with Crippen LogP contribution in [0.5, 0.6) is 0 Å². The van der Waals surface area contributed by atoms with Crippen molar-refractivity contribution in [1.82, 2.24) is 9.55 Å². The lowest BCUT2D eigenvalue weighted by Gasteiger charge is -2.10. The normalized spacial score (nSPS) is 16.9. The highest BCUT2D eigenvalue weighted by molar-refractivity contribution is 5.79. The zero-order valence-electron chi connectivity index (χ0n) is 12.2. The minimum Gasteiger partial charge on any atom is -0.327 e. The number of benzene rings is 2. The second-order valence-corrected chi connectivity index (χ2v) is 5.88. The molecule has 0 N–H and O–H groups in total. The average Bonchev–Trinajstić information content (AvgIpc) is 3.05. The molecule has 0 fully saturated rings. The van der Waals surface area contributed by atoms with Crippen LogP contribution in [0.2, 0.25) is 0 Å². The minimum atomic E-state index is 0.680. The van der Waals surface area contributed by atoms with Crippen molar-refractivity contribution in [2.45, 2.75) is 19.9 Å². The van der Waals surface area contributed by atoms with Crippen LogP contribution in [0.25, 0.3) is 22.5 Å². The van der Waals surface area contributed by atoms with Gasteiger partial charge in [0.15, 0.2) is 0 Å². The van der Waals surface area contributed by atoms with Crippen molar-refractivity contribution in [2.24, 2.45) is 5.92 Å². The van der Waals surface area contributed by atoms with Crippen LogP contribution in [0.15, 0.2) is 60.7 Å². The minimum absolute atomic E-state index is 0.680. The summed E-state index contributed by atoms with van der Waals surface area (Å²) in [4.78, 5) is 4.95. The third-order valence-electron chi connectivity index (χ3n) is 4.17. The maximum Gasteiger partial charge on any atom is 0.110 e. The summed E-state index contributed by atoms with van der Waals surface area (Å²) in [5.41, 5.74) is 4.83. The van der Waals surface area contributed by atoms with Gasteiger partial charge in [0.1, 0.15) is 5.82 Å². The second kappa shape index (κ2) is 4.88. The molecule has 2 heteroatoms. The zero-order valence-corrected chi connectivity index (χ0v) is 12.2. The molecule has 3 aromatic rings. The summed E-state index contributed by atoms with van der Waals surface area (Å²) in [5.74, 6) is 1.90. The molecule has 104 valence electrons. The number of hydrogen-bond acceptors (Lipinski definition) is 1. The molecule has 0 bridgehead atoms. The van der Waals surface area contributed by atoms with Crippen molar-refractivity contribution in [1.29, 1.82) is 0 Å². The standard InChI is InChI=1S/C19H18N2/c1-14-12-17-20-18(15-8-4-2-5-9-15)19(21(17)13-14)16-10-6-3-7-11-16/h2-11,14H,12-13H2,1H3/t14-/m0/s1. The first kappa shape index (κ1) is 12.4. The average molecular weight is 274 g/mol. The molecule has 0 aliphatic carbocycles. The number of rotatable bonds is 2. The van der Waals surface area contributed by atoms with Crippen molar-refractivity contribution >= 4 is 0 Å². The summed E-state index contributed by atoms with van der Waals surface area (Å²) in [7, 11) is 0. The van der Waals surface area contributed by atoms with Crippen LogP contribution in [0.3, 0.4) is 0 Å². The van der Waals surface area contributed by atoms with E-state index in [0.29, 0.717) is 5.92 Å². The predicted octanol–water partition coefficient (Wildman–Crippen LogP) is 4.41. The predicted molar refractivity (Wildman–Crippen MR) is 86.0 cm³/mol. The largest absolute Gasteiger partial charge is 0.327 e. The summed E-state index contributed by atoms with van der Waals surface area (Å²) in [5, 5.41) is 0. The fourth-order valence-electron chi connectivity index (χ4n) is 3.23. The van der Waals surface area contributed by atoms with Crippen LogP contribution in [0, 0.1) is 5.92 Å². The Balaban J connectivity index is 1.95. The lowest BCUT2D eigenvalue weighted by atomic mass is 10.0. The highest BCUT2D eigenvalue weighted by atomic mass is 15.1. The Bertz CT molecular complexity index is 757. The molecule has 2 heterocycles. The molecule has 0 saturated heterocycles. The highest BCUT2D eigenvalue weighted by Gasteiger charge is 2.26. The van der Waals surface area contributed by atoms with Crippen molar-refractivity contribution < 1.29 is 0 Å². The van der Waals surface area contributed by atoms with E-state index in [1.54, 1.807) is 0 Å². The molecule has 0 amide bonds. The topological polar surface area (TPSA) is 17.8 Å². The van der Waals surface area contributed by atoms with E-state index in [9.17, 15) is 0 Å². The summed E-state index contributed by atoms with van der Waals surface area (Å²) >= 11 is 0. The Labute approximate surface area is 125 Å². The van der Waals surface area contributed by atoms with E-state index >= 15 is 0 Å². The third kappa shape index (κ3) is 2.07. The first-order valence-electron chi connectivity index (χ1n) is 7.53. The molecule has 0 unspecified atom stereocenters. The van der Waals surface area contributed by atoms with Gasteiger partial charge in [-0.3, -0.25) is 0 Å². The SMILES string of the molecule is C[C@H]1Cc2nc(-c3ccccc3)c(-c3ccccc3)n2C1. The van der Waals surface area contributed by atoms with Gasteiger partial charge in [-0.25, -0.2) is 4.98 Å². The van der Waals surface area contributed by atoms with E-state index in [1.165, 1.54) is 22.6 Å². The van der Waals surface area contributed by atoms with Crippen molar-refractivity contribution in [3.8, 4) is 22.5 Å². The molecule has 1 aliphatic heterocycles.